The number of rotatable bonds is 5. The Hall–Kier alpha value is -0.640. The number of hydrogen-bond acceptors (Lipinski definition) is 2. The van der Waals surface area contributed by atoms with E-state index in [1.54, 1.807) is 0 Å². The third kappa shape index (κ3) is 3.44. The summed E-state index contributed by atoms with van der Waals surface area (Å²) in [4.78, 5) is 1.46. The van der Waals surface area contributed by atoms with Crippen LogP contribution in [0, 0.1) is 6.92 Å². The standard InChI is InChI=1S/C15H18BrNS/c1-11-10-12(16)5-7-14(11)15(17-2)8-6-13-4-3-9-18-13/h3-5,7,9-10,15,17H,6,8H2,1-2H3. The predicted molar refractivity (Wildman–Crippen MR) is 83.3 cm³/mol. The summed E-state index contributed by atoms with van der Waals surface area (Å²) in [5, 5.41) is 5.58. The molecule has 0 bridgehead atoms. The van der Waals surface area contributed by atoms with Crippen molar-refractivity contribution in [1.82, 2.24) is 5.32 Å². The molecular weight excluding hydrogens is 306 g/mol. The maximum atomic E-state index is 3.52. The van der Waals surface area contributed by atoms with Crippen LogP contribution in [0.25, 0.3) is 0 Å². The van der Waals surface area contributed by atoms with Crippen LogP contribution in [0.4, 0.5) is 0 Å². The molecule has 0 aliphatic carbocycles. The highest BCUT2D eigenvalue weighted by Crippen LogP contribution is 2.25. The van der Waals surface area contributed by atoms with E-state index < -0.39 is 0 Å². The van der Waals surface area contributed by atoms with Gasteiger partial charge in [0, 0.05) is 15.4 Å². The van der Waals surface area contributed by atoms with Crippen LogP contribution in [0.15, 0.2) is 40.2 Å². The summed E-state index contributed by atoms with van der Waals surface area (Å²) in [5.41, 5.74) is 2.74. The van der Waals surface area contributed by atoms with E-state index in [4.69, 9.17) is 0 Å². The molecule has 0 fully saturated rings. The molecule has 0 saturated heterocycles. The summed E-state index contributed by atoms with van der Waals surface area (Å²) in [7, 11) is 2.04. The molecular formula is C15H18BrNS. The van der Waals surface area contributed by atoms with Gasteiger partial charge in [-0.05, 0) is 61.5 Å². The fourth-order valence-electron chi connectivity index (χ4n) is 2.23. The molecule has 1 N–H and O–H groups in total. The van der Waals surface area contributed by atoms with Gasteiger partial charge in [0.2, 0.25) is 0 Å². The van der Waals surface area contributed by atoms with Crippen LogP contribution >= 0.6 is 27.3 Å². The Morgan fingerprint density at radius 2 is 2.17 bits per heavy atom. The van der Waals surface area contributed by atoms with Crippen molar-refractivity contribution in [2.75, 3.05) is 7.05 Å². The molecule has 1 unspecified atom stereocenters. The van der Waals surface area contributed by atoms with Gasteiger partial charge in [-0.25, -0.2) is 0 Å². The largest absolute Gasteiger partial charge is 0.313 e. The number of hydrogen-bond donors (Lipinski definition) is 1. The first kappa shape index (κ1) is 13.8. The lowest BCUT2D eigenvalue weighted by atomic mass is 9.97. The van der Waals surface area contributed by atoms with Gasteiger partial charge in [-0.15, -0.1) is 11.3 Å². The van der Waals surface area contributed by atoms with Crippen molar-refractivity contribution < 1.29 is 0 Å². The smallest absolute Gasteiger partial charge is 0.0323 e. The summed E-state index contributed by atoms with van der Waals surface area (Å²) >= 11 is 5.36. The third-order valence-corrected chi connectivity index (χ3v) is 4.64. The Morgan fingerprint density at radius 3 is 2.78 bits per heavy atom. The fraction of sp³-hybridized carbons (Fsp3) is 0.333. The van der Waals surface area contributed by atoms with Crippen molar-refractivity contribution in [3.63, 3.8) is 0 Å². The average molecular weight is 324 g/mol. The Bertz CT molecular complexity index is 493. The quantitative estimate of drug-likeness (QED) is 0.840. The molecule has 0 aliphatic rings. The summed E-state index contributed by atoms with van der Waals surface area (Å²) in [6, 6.07) is 11.3. The van der Waals surface area contributed by atoms with E-state index in [1.165, 1.54) is 16.0 Å². The van der Waals surface area contributed by atoms with Crippen LogP contribution in [0.1, 0.15) is 28.5 Å². The van der Waals surface area contributed by atoms with Gasteiger partial charge < -0.3 is 5.32 Å². The molecule has 0 saturated carbocycles. The van der Waals surface area contributed by atoms with Gasteiger partial charge in [0.15, 0.2) is 0 Å². The highest BCUT2D eigenvalue weighted by atomic mass is 79.9. The third-order valence-electron chi connectivity index (χ3n) is 3.22. The Balaban J connectivity index is 2.08. The Labute approximate surface area is 121 Å². The minimum absolute atomic E-state index is 0.431. The predicted octanol–water partition coefficient (Wildman–Crippen LogP) is 4.71. The lowest BCUT2D eigenvalue weighted by Gasteiger charge is -2.18. The molecule has 18 heavy (non-hydrogen) atoms. The van der Waals surface area contributed by atoms with Gasteiger partial charge in [-0.2, -0.15) is 0 Å². The molecule has 96 valence electrons. The molecule has 2 rings (SSSR count). The Morgan fingerprint density at radius 1 is 1.33 bits per heavy atom. The van der Waals surface area contributed by atoms with E-state index >= 15 is 0 Å². The van der Waals surface area contributed by atoms with Crippen molar-refractivity contribution in [2.45, 2.75) is 25.8 Å². The van der Waals surface area contributed by atoms with E-state index in [-0.39, 0.29) is 0 Å². The van der Waals surface area contributed by atoms with Crippen LogP contribution < -0.4 is 5.32 Å². The molecule has 2 aromatic rings. The van der Waals surface area contributed by atoms with Crippen LogP contribution in [0.5, 0.6) is 0 Å². The molecule has 1 aromatic carbocycles. The summed E-state index contributed by atoms with van der Waals surface area (Å²) in [6.45, 7) is 2.18. The van der Waals surface area contributed by atoms with Crippen LogP contribution in [0.2, 0.25) is 0 Å². The Kier molecular flexibility index (Phi) is 4.98. The fourth-order valence-corrected chi connectivity index (χ4v) is 3.43. The average Bonchev–Trinajstić information content (AvgIpc) is 2.85. The summed E-state index contributed by atoms with van der Waals surface area (Å²) < 4.78 is 1.15. The van der Waals surface area contributed by atoms with Crippen molar-refractivity contribution >= 4 is 27.3 Å². The normalized spacial score (nSPS) is 12.6. The second-order valence-corrected chi connectivity index (χ2v) is 6.41. The maximum absolute atomic E-state index is 3.52. The van der Waals surface area contributed by atoms with E-state index in [2.05, 4.69) is 63.9 Å². The second kappa shape index (κ2) is 6.50. The first-order valence-corrected chi connectivity index (χ1v) is 7.83. The summed E-state index contributed by atoms with van der Waals surface area (Å²) in [5.74, 6) is 0. The molecule has 1 nitrogen and oxygen atoms in total. The van der Waals surface area contributed by atoms with Crippen LogP contribution in [-0.2, 0) is 6.42 Å². The lowest BCUT2D eigenvalue weighted by Crippen LogP contribution is -2.18. The topological polar surface area (TPSA) is 12.0 Å². The van der Waals surface area contributed by atoms with Crippen molar-refractivity contribution in [2.24, 2.45) is 0 Å². The molecule has 1 aromatic heterocycles. The van der Waals surface area contributed by atoms with E-state index in [0.717, 1.165) is 17.3 Å². The number of thiophene rings is 1. The van der Waals surface area contributed by atoms with Crippen LogP contribution in [0.3, 0.4) is 0 Å². The molecule has 1 heterocycles. The van der Waals surface area contributed by atoms with E-state index in [9.17, 15) is 0 Å². The van der Waals surface area contributed by atoms with Crippen molar-refractivity contribution in [3.05, 3.63) is 56.2 Å². The van der Waals surface area contributed by atoms with E-state index in [0.29, 0.717) is 6.04 Å². The molecule has 3 heteroatoms. The van der Waals surface area contributed by atoms with Gasteiger partial charge >= 0.3 is 0 Å². The maximum Gasteiger partial charge on any atom is 0.0323 e. The molecule has 0 radical (unpaired) electrons. The zero-order valence-corrected chi connectivity index (χ0v) is 13.1. The monoisotopic (exact) mass is 323 g/mol. The molecule has 1 atom stereocenters. The number of aryl methyl sites for hydroxylation is 2. The molecule has 0 amide bonds. The van der Waals surface area contributed by atoms with Gasteiger partial charge in [-0.1, -0.05) is 28.1 Å². The van der Waals surface area contributed by atoms with E-state index in [1.807, 2.05) is 18.4 Å². The molecule has 0 aliphatic heterocycles. The minimum Gasteiger partial charge on any atom is -0.313 e. The lowest BCUT2D eigenvalue weighted by molar-refractivity contribution is 0.549. The van der Waals surface area contributed by atoms with Crippen molar-refractivity contribution in [1.29, 1.82) is 0 Å². The number of halogens is 1. The zero-order chi connectivity index (χ0) is 13.0. The van der Waals surface area contributed by atoms with Gasteiger partial charge in [0.25, 0.3) is 0 Å². The summed E-state index contributed by atoms with van der Waals surface area (Å²) in [6.07, 6.45) is 2.28. The first-order chi connectivity index (χ1) is 8.70. The SMILES string of the molecule is CNC(CCc1cccs1)c1ccc(Br)cc1C. The highest BCUT2D eigenvalue weighted by molar-refractivity contribution is 9.10. The van der Waals surface area contributed by atoms with Gasteiger partial charge in [-0.3, -0.25) is 0 Å². The first-order valence-electron chi connectivity index (χ1n) is 6.16. The van der Waals surface area contributed by atoms with Crippen molar-refractivity contribution in [3.8, 4) is 0 Å². The highest BCUT2D eigenvalue weighted by Gasteiger charge is 2.12. The zero-order valence-electron chi connectivity index (χ0n) is 10.7. The minimum atomic E-state index is 0.431. The van der Waals surface area contributed by atoms with Crippen LogP contribution in [-0.4, -0.2) is 7.05 Å². The number of benzene rings is 1. The number of nitrogens with one attached hydrogen (secondary N) is 1. The molecule has 0 spiro atoms. The van der Waals surface area contributed by atoms with Gasteiger partial charge in [0.1, 0.15) is 0 Å². The second-order valence-electron chi connectivity index (χ2n) is 4.46. The van der Waals surface area contributed by atoms with Gasteiger partial charge in [0.05, 0.1) is 0 Å².